The summed E-state index contributed by atoms with van der Waals surface area (Å²) in [7, 11) is 0. The van der Waals surface area contributed by atoms with Crippen molar-refractivity contribution in [3.05, 3.63) is 52.7 Å². The second kappa shape index (κ2) is 5.65. The van der Waals surface area contributed by atoms with Crippen LogP contribution < -0.4 is 5.32 Å². The Morgan fingerprint density at radius 1 is 1.24 bits per heavy atom. The molecule has 0 saturated carbocycles. The Balaban J connectivity index is 2.32. The van der Waals surface area contributed by atoms with E-state index >= 15 is 0 Å². The first-order valence-corrected chi connectivity index (χ1v) is 5.81. The molecule has 4 nitrogen and oxygen atoms in total. The molecule has 0 fully saturated rings. The van der Waals surface area contributed by atoms with Gasteiger partial charge in [0, 0.05) is 6.07 Å². The number of halogens is 5. The number of carbonyl (C=O) groups is 1. The topological polar surface area (TPSA) is 54.9 Å². The van der Waals surface area contributed by atoms with Gasteiger partial charge < -0.3 is 5.32 Å². The van der Waals surface area contributed by atoms with E-state index in [1.54, 1.807) is 0 Å². The zero-order chi connectivity index (χ0) is 15.6. The third-order valence-electron chi connectivity index (χ3n) is 2.42. The Bertz CT molecular complexity index is 690. The van der Waals surface area contributed by atoms with E-state index in [4.69, 9.17) is 11.6 Å². The minimum absolute atomic E-state index is 0.0183. The maximum Gasteiger partial charge on any atom is 0.419 e. The Hall–Kier alpha value is -2.22. The highest BCUT2D eigenvalue weighted by atomic mass is 35.5. The van der Waals surface area contributed by atoms with Crippen molar-refractivity contribution < 1.29 is 22.4 Å². The van der Waals surface area contributed by atoms with Gasteiger partial charge in [-0.1, -0.05) is 17.7 Å². The van der Waals surface area contributed by atoms with Crippen LogP contribution in [0.3, 0.4) is 0 Å². The summed E-state index contributed by atoms with van der Waals surface area (Å²) >= 11 is 5.57. The van der Waals surface area contributed by atoms with Crippen molar-refractivity contribution in [2.24, 2.45) is 0 Å². The summed E-state index contributed by atoms with van der Waals surface area (Å²) < 4.78 is 51.4. The molecule has 0 saturated heterocycles. The molecule has 110 valence electrons. The lowest BCUT2D eigenvalue weighted by Crippen LogP contribution is -2.18. The van der Waals surface area contributed by atoms with Crippen LogP contribution in [-0.4, -0.2) is 15.9 Å². The Kier molecular flexibility index (Phi) is 4.08. The quantitative estimate of drug-likeness (QED) is 0.680. The van der Waals surface area contributed by atoms with E-state index in [2.05, 4.69) is 15.3 Å². The zero-order valence-corrected chi connectivity index (χ0v) is 10.8. The van der Waals surface area contributed by atoms with Gasteiger partial charge in [0.25, 0.3) is 5.91 Å². The van der Waals surface area contributed by atoms with Crippen molar-refractivity contribution in [2.45, 2.75) is 6.18 Å². The van der Waals surface area contributed by atoms with Crippen molar-refractivity contribution in [1.82, 2.24) is 9.97 Å². The molecule has 0 spiro atoms. The highest BCUT2D eigenvalue weighted by Gasteiger charge is 2.35. The Morgan fingerprint density at radius 3 is 2.57 bits per heavy atom. The third kappa shape index (κ3) is 3.46. The normalized spacial score (nSPS) is 11.3. The number of hydrogen-bond acceptors (Lipinski definition) is 3. The SMILES string of the molecule is O=C(Nc1cc(Cl)ncn1)c1cccc(C(F)(F)F)c1F. The second-order valence-electron chi connectivity index (χ2n) is 3.84. The molecule has 0 aliphatic rings. The van der Waals surface area contributed by atoms with Crippen molar-refractivity contribution in [2.75, 3.05) is 5.32 Å². The first kappa shape index (κ1) is 15.2. The molecule has 0 radical (unpaired) electrons. The van der Waals surface area contributed by atoms with E-state index in [0.29, 0.717) is 6.07 Å². The molecule has 2 rings (SSSR count). The van der Waals surface area contributed by atoms with Gasteiger partial charge in [-0.2, -0.15) is 13.2 Å². The number of hydrogen-bond donors (Lipinski definition) is 1. The van der Waals surface area contributed by atoms with Crippen molar-refractivity contribution in [1.29, 1.82) is 0 Å². The molecule has 1 aromatic heterocycles. The fraction of sp³-hybridized carbons (Fsp3) is 0.0833. The molecular weight excluding hydrogens is 314 g/mol. The molecule has 0 bridgehead atoms. The van der Waals surface area contributed by atoms with E-state index in [9.17, 15) is 22.4 Å². The van der Waals surface area contributed by atoms with Gasteiger partial charge >= 0.3 is 6.18 Å². The predicted octanol–water partition coefficient (Wildman–Crippen LogP) is 3.54. The third-order valence-corrected chi connectivity index (χ3v) is 2.63. The van der Waals surface area contributed by atoms with Gasteiger partial charge in [-0.3, -0.25) is 4.79 Å². The van der Waals surface area contributed by atoms with Crippen LogP contribution in [0.5, 0.6) is 0 Å². The molecule has 2 aromatic rings. The molecule has 9 heteroatoms. The molecule has 1 aromatic carbocycles. The standard InChI is InChI=1S/C12H6ClF4N3O/c13-8-4-9(19-5-18-8)20-11(21)6-2-1-3-7(10(6)14)12(15,16)17/h1-5H,(H,18,19,20,21). The first-order chi connectivity index (χ1) is 9.79. The van der Waals surface area contributed by atoms with Crippen molar-refractivity contribution in [3.63, 3.8) is 0 Å². The minimum Gasteiger partial charge on any atom is -0.306 e. The highest BCUT2D eigenvalue weighted by molar-refractivity contribution is 6.29. The number of carbonyl (C=O) groups excluding carboxylic acids is 1. The van der Waals surface area contributed by atoms with Crippen LogP contribution in [0.2, 0.25) is 5.15 Å². The molecule has 0 unspecified atom stereocenters. The summed E-state index contributed by atoms with van der Waals surface area (Å²) in [6, 6.07) is 3.59. The van der Waals surface area contributed by atoms with Crippen molar-refractivity contribution >= 4 is 23.3 Å². The van der Waals surface area contributed by atoms with Gasteiger partial charge in [-0.25, -0.2) is 14.4 Å². The lowest BCUT2D eigenvalue weighted by molar-refractivity contribution is -0.140. The summed E-state index contributed by atoms with van der Waals surface area (Å²) in [5.41, 5.74) is -2.27. The summed E-state index contributed by atoms with van der Waals surface area (Å²) in [5, 5.41) is 2.16. The van der Waals surface area contributed by atoms with E-state index in [0.717, 1.165) is 18.5 Å². The molecule has 1 amide bonds. The predicted molar refractivity (Wildman–Crippen MR) is 66.4 cm³/mol. The van der Waals surface area contributed by atoms with Crippen LogP contribution in [0.15, 0.2) is 30.6 Å². The molecule has 1 N–H and O–H groups in total. The Labute approximate surface area is 120 Å². The van der Waals surface area contributed by atoms with E-state index in [1.807, 2.05) is 0 Å². The van der Waals surface area contributed by atoms with Crippen LogP contribution in [0.4, 0.5) is 23.4 Å². The average Bonchev–Trinajstić information content (AvgIpc) is 2.37. The van der Waals surface area contributed by atoms with E-state index in [-0.39, 0.29) is 11.0 Å². The fourth-order valence-corrected chi connectivity index (χ4v) is 1.66. The molecule has 21 heavy (non-hydrogen) atoms. The molecule has 0 atom stereocenters. The lowest BCUT2D eigenvalue weighted by atomic mass is 10.1. The number of anilines is 1. The van der Waals surface area contributed by atoms with E-state index in [1.165, 1.54) is 6.07 Å². The summed E-state index contributed by atoms with van der Waals surface area (Å²) in [6.45, 7) is 0. The van der Waals surface area contributed by atoms with Gasteiger partial charge in [0.2, 0.25) is 0 Å². The number of benzene rings is 1. The Morgan fingerprint density at radius 2 is 1.95 bits per heavy atom. The second-order valence-corrected chi connectivity index (χ2v) is 4.23. The summed E-state index contributed by atoms with van der Waals surface area (Å²) in [4.78, 5) is 19.0. The number of amides is 1. The maximum atomic E-state index is 13.8. The van der Waals surface area contributed by atoms with E-state index < -0.39 is 29.0 Å². The van der Waals surface area contributed by atoms with Gasteiger partial charge in [0.15, 0.2) is 0 Å². The van der Waals surface area contributed by atoms with Crippen molar-refractivity contribution in [3.8, 4) is 0 Å². The van der Waals surface area contributed by atoms with Crippen LogP contribution in [0.25, 0.3) is 0 Å². The molecule has 1 heterocycles. The fourth-order valence-electron chi connectivity index (χ4n) is 1.51. The molecular formula is C12H6ClF4N3O. The average molecular weight is 320 g/mol. The van der Waals surface area contributed by atoms with Crippen LogP contribution in [-0.2, 0) is 6.18 Å². The van der Waals surface area contributed by atoms with Crippen LogP contribution >= 0.6 is 11.6 Å². The van der Waals surface area contributed by atoms with Gasteiger partial charge in [-0.15, -0.1) is 0 Å². The highest BCUT2D eigenvalue weighted by Crippen LogP contribution is 2.32. The summed E-state index contributed by atoms with van der Waals surface area (Å²) in [5.74, 6) is -2.78. The van der Waals surface area contributed by atoms with Crippen LogP contribution in [0.1, 0.15) is 15.9 Å². The number of nitrogens with one attached hydrogen (secondary N) is 1. The first-order valence-electron chi connectivity index (χ1n) is 5.43. The number of nitrogens with zero attached hydrogens (tertiary/aromatic N) is 2. The minimum atomic E-state index is -4.89. The zero-order valence-electron chi connectivity index (χ0n) is 10.1. The van der Waals surface area contributed by atoms with Gasteiger partial charge in [0.1, 0.15) is 23.1 Å². The number of aromatic nitrogens is 2. The molecule has 0 aliphatic carbocycles. The smallest absolute Gasteiger partial charge is 0.306 e. The molecule has 0 aliphatic heterocycles. The van der Waals surface area contributed by atoms with Gasteiger partial charge in [-0.05, 0) is 12.1 Å². The largest absolute Gasteiger partial charge is 0.419 e. The van der Waals surface area contributed by atoms with Crippen LogP contribution in [0, 0.1) is 5.82 Å². The number of rotatable bonds is 2. The maximum absolute atomic E-state index is 13.8. The summed E-state index contributed by atoms with van der Waals surface area (Å²) in [6.07, 6.45) is -3.85. The number of alkyl halides is 3. The lowest BCUT2D eigenvalue weighted by Gasteiger charge is -2.11. The monoisotopic (exact) mass is 319 g/mol. The van der Waals surface area contributed by atoms with Gasteiger partial charge in [0.05, 0.1) is 11.1 Å².